The Morgan fingerprint density at radius 3 is 2.85 bits per heavy atom. The van der Waals surface area contributed by atoms with Crippen molar-refractivity contribution in [3.05, 3.63) is 34.3 Å². The molecule has 0 saturated heterocycles. The molecule has 0 bridgehead atoms. The molecule has 0 fully saturated rings. The summed E-state index contributed by atoms with van der Waals surface area (Å²) in [5.41, 5.74) is 0.332. The number of pyridine rings is 1. The van der Waals surface area contributed by atoms with Gasteiger partial charge in [-0.05, 0) is 18.2 Å². The number of amides is 1. The average Bonchev–Trinajstić information content (AvgIpc) is 2.43. The molecule has 1 aromatic heterocycles. The van der Waals surface area contributed by atoms with Crippen LogP contribution in [0.1, 0.15) is 10.4 Å². The van der Waals surface area contributed by atoms with Crippen molar-refractivity contribution in [2.45, 2.75) is 0 Å². The number of hydrogen-bond donors (Lipinski definition) is 4. The van der Waals surface area contributed by atoms with Gasteiger partial charge in [0.15, 0.2) is 0 Å². The largest absolute Gasteiger partial charge is 0.506 e. The number of carbonyl (C=O) groups is 1. The Morgan fingerprint density at radius 2 is 2.20 bits per heavy atom. The molecule has 0 aliphatic carbocycles. The molecule has 4 N–H and O–H groups in total. The minimum absolute atomic E-state index is 0.0506. The van der Waals surface area contributed by atoms with E-state index in [0.717, 1.165) is 0 Å². The van der Waals surface area contributed by atoms with Crippen LogP contribution in [0, 0.1) is 5.41 Å². The molecule has 0 unspecified atom stereocenters. The lowest BCUT2D eigenvalue weighted by Crippen LogP contribution is -2.34. The van der Waals surface area contributed by atoms with Gasteiger partial charge in [-0.1, -0.05) is 11.6 Å². The van der Waals surface area contributed by atoms with E-state index in [1.807, 2.05) is 0 Å². The van der Waals surface area contributed by atoms with Crippen LogP contribution >= 0.6 is 11.6 Å². The van der Waals surface area contributed by atoms with Crippen molar-refractivity contribution in [3.63, 3.8) is 0 Å². The lowest BCUT2D eigenvalue weighted by Gasteiger charge is -2.13. The zero-order chi connectivity index (χ0) is 14.9. The molecule has 1 heterocycles. The number of rotatable bonds is 3. The minimum Gasteiger partial charge on any atom is -0.506 e. The second kappa shape index (κ2) is 5.52. The number of benzene rings is 1. The number of aryl methyl sites for hydroxylation is 1. The molecule has 0 saturated carbocycles. The molecule has 0 atom stereocenters. The standard InChI is InChI=1S/C13H14ClN3O3/c1-17-9-3-2-7(14)6-8(9)11(19)10(12(17)15)13(20)16-4-5-18/h2-3,6,15,18-19H,4-5H2,1H3,(H,16,20). The molecule has 2 aromatic rings. The van der Waals surface area contributed by atoms with Gasteiger partial charge in [0, 0.05) is 24.0 Å². The second-order valence-electron chi connectivity index (χ2n) is 4.27. The molecule has 1 amide bonds. The van der Waals surface area contributed by atoms with Crippen molar-refractivity contribution in [2.75, 3.05) is 13.2 Å². The summed E-state index contributed by atoms with van der Waals surface area (Å²) in [6, 6.07) is 4.85. The normalized spacial score (nSPS) is 10.8. The van der Waals surface area contributed by atoms with Crippen molar-refractivity contribution in [1.29, 1.82) is 5.41 Å². The minimum atomic E-state index is -0.612. The number of aliphatic hydroxyl groups excluding tert-OH is 1. The van der Waals surface area contributed by atoms with Crippen LogP contribution in [0.15, 0.2) is 18.2 Å². The van der Waals surface area contributed by atoms with Crippen LogP contribution in [-0.2, 0) is 7.05 Å². The summed E-state index contributed by atoms with van der Waals surface area (Å²) in [7, 11) is 1.63. The monoisotopic (exact) mass is 295 g/mol. The SMILES string of the molecule is Cn1c(=N)c(C(=O)NCCO)c(O)c2cc(Cl)ccc21. The summed E-state index contributed by atoms with van der Waals surface area (Å²) in [4.78, 5) is 12.0. The molecule has 0 aliphatic heterocycles. The van der Waals surface area contributed by atoms with Crippen LogP contribution in [-0.4, -0.2) is 33.8 Å². The number of carbonyl (C=O) groups excluding carboxylic acids is 1. The molecule has 2 rings (SSSR count). The fraction of sp³-hybridized carbons (Fsp3) is 0.231. The number of fused-ring (bicyclic) bond motifs is 1. The first kappa shape index (κ1) is 14.4. The molecule has 0 radical (unpaired) electrons. The van der Waals surface area contributed by atoms with E-state index in [1.165, 1.54) is 10.6 Å². The Bertz CT molecular complexity index is 740. The highest BCUT2D eigenvalue weighted by Gasteiger charge is 2.18. The maximum atomic E-state index is 12.0. The highest BCUT2D eigenvalue weighted by Crippen LogP contribution is 2.28. The van der Waals surface area contributed by atoms with Crippen LogP contribution in [0.25, 0.3) is 10.9 Å². The van der Waals surface area contributed by atoms with E-state index in [4.69, 9.17) is 22.1 Å². The molecule has 6 nitrogen and oxygen atoms in total. The van der Waals surface area contributed by atoms with Gasteiger partial charge in [-0.2, -0.15) is 0 Å². The van der Waals surface area contributed by atoms with E-state index < -0.39 is 5.91 Å². The highest BCUT2D eigenvalue weighted by molar-refractivity contribution is 6.31. The van der Waals surface area contributed by atoms with Gasteiger partial charge >= 0.3 is 0 Å². The number of aliphatic hydroxyl groups is 1. The van der Waals surface area contributed by atoms with E-state index in [0.29, 0.717) is 15.9 Å². The maximum absolute atomic E-state index is 12.0. The summed E-state index contributed by atoms with van der Waals surface area (Å²) in [6.45, 7) is -0.166. The molecular formula is C13H14ClN3O3. The molecular weight excluding hydrogens is 282 g/mol. The van der Waals surface area contributed by atoms with E-state index in [1.54, 1.807) is 19.2 Å². The van der Waals surface area contributed by atoms with Crippen molar-refractivity contribution in [2.24, 2.45) is 7.05 Å². The van der Waals surface area contributed by atoms with Crippen molar-refractivity contribution < 1.29 is 15.0 Å². The Labute approximate surface area is 119 Å². The third kappa shape index (κ3) is 2.35. The molecule has 0 aliphatic rings. The lowest BCUT2D eigenvalue weighted by atomic mass is 10.1. The summed E-state index contributed by atoms with van der Waals surface area (Å²) in [6.07, 6.45) is 0. The Morgan fingerprint density at radius 1 is 1.50 bits per heavy atom. The molecule has 1 aromatic carbocycles. The predicted octanol–water partition coefficient (Wildman–Crippen LogP) is 0.739. The summed E-state index contributed by atoms with van der Waals surface area (Å²) in [5.74, 6) is -0.903. The topological polar surface area (TPSA) is 98.3 Å². The van der Waals surface area contributed by atoms with Crippen LogP contribution in [0.3, 0.4) is 0 Å². The van der Waals surface area contributed by atoms with E-state index in [-0.39, 0.29) is 30.0 Å². The first-order chi connectivity index (χ1) is 9.47. The van der Waals surface area contributed by atoms with Crippen LogP contribution in [0.2, 0.25) is 5.02 Å². The summed E-state index contributed by atoms with van der Waals surface area (Å²) in [5, 5.41) is 30.2. The van der Waals surface area contributed by atoms with E-state index >= 15 is 0 Å². The first-order valence-corrected chi connectivity index (χ1v) is 6.30. The maximum Gasteiger partial charge on any atom is 0.258 e. The quantitative estimate of drug-likeness (QED) is 0.672. The fourth-order valence-corrected chi connectivity index (χ4v) is 2.17. The van der Waals surface area contributed by atoms with E-state index in [9.17, 15) is 9.90 Å². The van der Waals surface area contributed by atoms with Crippen LogP contribution in [0.5, 0.6) is 5.75 Å². The second-order valence-corrected chi connectivity index (χ2v) is 4.71. The Hall–Kier alpha value is -2.05. The fourth-order valence-electron chi connectivity index (χ4n) is 2.00. The highest BCUT2D eigenvalue weighted by atomic mass is 35.5. The number of aromatic nitrogens is 1. The zero-order valence-corrected chi connectivity index (χ0v) is 11.5. The predicted molar refractivity (Wildman–Crippen MR) is 74.9 cm³/mol. The molecule has 7 heteroatoms. The van der Waals surface area contributed by atoms with Gasteiger partial charge in [-0.3, -0.25) is 10.2 Å². The Balaban J connectivity index is 2.72. The molecule has 106 valence electrons. The van der Waals surface area contributed by atoms with Gasteiger partial charge in [0.1, 0.15) is 16.8 Å². The van der Waals surface area contributed by atoms with Gasteiger partial charge in [-0.25, -0.2) is 0 Å². The number of nitrogens with one attached hydrogen (secondary N) is 2. The van der Waals surface area contributed by atoms with Gasteiger partial charge < -0.3 is 20.1 Å². The summed E-state index contributed by atoms with van der Waals surface area (Å²) < 4.78 is 1.49. The zero-order valence-electron chi connectivity index (χ0n) is 10.8. The third-order valence-electron chi connectivity index (χ3n) is 3.01. The van der Waals surface area contributed by atoms with Gasteiger partial charge in [0.2, 0.25) is 0 Å². The molecule has 0 spiro atoms. The van der Waals surface area contributed by atoms with Crippen molar-refractivity contribution >= 4 is 28.4 Å². The number of nitrogens with zero attached hydrogens (tertiary/aromatic N) is 1. The van der Waals surface area contributed by atoms with Crippen LogP contribution < -0.4 is 10.8 Å². The summed E-state index contributed by atoms with van der Waals surface area (Å²) >= 11 is 5.90. The third-order valence-corrected chi connectivity index (χ3v) is 3.24. The van der Waals surface area contributed by atoms with Crippen LogP contribution in [0.4, 0.5) is 0 Å². The van der Waals surface area contributed by atoms with Gasteiger partial charge in [0.25, 0.3) is 5.91 Å². The first-order valence-electron chi connectivity index (χ1n) is 5.92. The Kier molecular flexibility index (Phi) is 3.96. The number of aromatic hydroxyl groups is 1. The number of halogens is 1. The van der Waals surface area contributed by atoms with Gasteiger partial charge in [0.05, 0.1) is 12.1 Å². The number of hydrogen-bond acceptors (Lipinski definition) is 4. The lowest BCUT2D eigenvalue weighted by molar-refractivity contribution is 0.0939. The average molecular weight is 296 g/mol. The van der Waals surface area contributed by atoms with Gasteiger partial charge in [-0.15, -0.1) is 0 Å². The molecule has 20 heavy (non-hydrogen) atoms. The van der Waals surface area contributed by atoms with Crippen molar-refractivity contribution in [1.82, 2.24) is 9.88 Å². The van der Waals surface area contributed by atoms with Crippen molar-refractivity contribution in [3.8, 4) is 5.75 Å². The van der Waals surface area contributed by atoms with E-state index in [2.05, 4.69) is 5.32 Å². The smallest absolute Gasteiger partial charge is 0.258 e.